The van der Waals surface area contributed by atoms with Crippen molar-refractivity contribution >= 4 is 29.1 Å². The van der Waals surface area contributed by atoms with Gasteiger partial charge in [-0.05, 0) is 74.1 Å². The molecule has 2 rings (SSSR count). The number of rotatable bonds is 9. The lowest BCUT2D eigenvalue weighted by atomic mass is 9.90. The minimum Gasteiger partial charge on any atom is -0.379 e. The molecule has 1 fully saturated rings. The van der Waals surface area contributed by atoms with Crippen LogP contribution in [0.25, 0.3) is 0 Å². The number of ketones is 1. The summed E-state index contributed by atoms with van der Waals surface area (Å²) < 4.78 is 5.20. The summed E-state index contributed by atoms with van der Waals surface area (Å²) in [5.41, 5.74) is 3.88. The molecule has 32 heavy (non-hydrogen) atoms. The number of Topliss-reactive ketones (excluding diaryl/α,β-unsaturated/α-hetero) is 1. The number of halogens is 1. The Bertz CT molecular complexity index is 803. The maximum absolute atomic E-state index is 13.0. The number of allylic oxidation sites excluding steroid dienone is 4. The Morgan fingerprint density at radius 3 is 2.47 bits per heavy atom. The Morgan fingerprint density at radius 2 is 1.94 bits per heavy atom. The quantitative estimate of drug-likeness (QED) is 0.209. The van der Waals surface area contributed by atoms with Crippen molar-refractivity contribution in [1.82, 2.24) is 4.90 Å². The smallest absolute Gasteiger partial charge is 0.195 e. The van der Waals surface area contributed by atoms with Gasteiger partial charge in [0.25, 0.3) is 0 Å². The zero-order chi connectivity index (χ0) is 24.1. The summed E-state index contributed by atoms with van der Waals surface area (Å²) in [5, 5.41) is 2.49. The van der Waals surface area contributed by atoms with Gasteiger partial charge in [-0.15, -0.1) is 11.8 Å². The lowest BCUT2D eigenvalue weighted by Crippen LogP contribution is -2.36. The average molecular weight is 478 g/mol. The predicted octanol–water partition coefficient (Wildman–Crippen LogP) is 7.53. The van der Waals surface area contributed by atoms with Gasteiger partial charge in [-0.2, -0.15) is 0 Å². The molecule has 1 aromatic carbocycles. The molecule has 1 aliphatic rings. The number of carbonyl (C=O) groups excluding carboxylic acids is 1. The van der Waals surface area contributed by atoms with Gasteiger partial charge in [0, 0.05) is 24.2 Å². The fourth-order valence-electron chi connectivity index (χ4n) is 3.53. The summed E-state index contributed by atoms with van der Waals surface area (Å²) in [6.07, 6.45) is 6.09. The van der Waals surface area contributed by atoms with Gasteiger partial charge in [-0.1, -0.05) is 56.7 Å². The van der Waals surface area contributed by atoms with Gasteiger partial charge in [-0.3, -0.25) is 9.69 Å². The van der Waals surface area contributed by atoms with Crippen molar-refractivity contribution in [3.8, 4) is 0 Å². The largest absolute Gasteiger partial charge is 0.379 e. The van der Waals surface area contributed by atoms with E-state index in [1.807, 2.05) is 43.7 Å². The molecule has 3 nitrogen and oxygen atoms in total. The van der Waals surface area contributed by atoms with Crippen LogP contribution in [0.15, 0.2) is 53.0 Å². The Morgan fingerprint density at radius 1 is 1.28 bits per heavy atom. The van der Waals surface area contributed by atoms with Gasteiger partial charge in [0.2, 0.25) is 0 Å². The van der Waals surface area contributed by atoms with E-state index in [1.54, 1.807) is 17.8 Å². The van der Waals surface area contributed by atoms with Crippen LogP contribution in [0.2, 0.25) is 5.02 Å². The van der Waals surface area contributed by atoms with E-state index in [4.69, 9.17) is 16.3 Å². The number of hydrogen-bond donors (Lipinski definition) is 0. The summed E-state index contributed by atoms with van der Waals surface area (Å²) in [7, 11) is 0. The molecule has 178 valence electrons. The first kappa shape index (κ1) is 28.7. The molecule has 0 radical (unpaired) electrons. The van der Waals surface area contributed by atoms with E-state index in [9.17, 15) is 4.79 Å². The molecule has 0 bridgehead atoms. The van der Waals surface area contributed by atoms with E-state index in [0.29, 0.717) is 27.7 Å². The molecule has 0 saturated carbocycles. The number of thioether (sulfide) groups is 1. The van der Waals surface area contributed by atoms with Gasteiger partial charge in [-0.25, -0.2) is 0 Å². The Kier molecular flexibility index (Phi) is 13.9. The van der Waals surface area contributed by atoms with Crippen LogP contribution in [-0.4, -0.2) is 49.8 Å². The Labute approximate surface area is 204 Å². The summed E-state index contributed by atoms with van der Waals surface area (Å²) >= 11 is 8.12. The van der Waals surface area contributed by atoms with Crippen LogP contribution in [0.3, 0.4) is 0 Å². The van der Waals surface area contributed by atoms with Crippen molar-refractivity contribution in [3.05, 3.63) is 69.1 Å². The van der Waals surface area contributed by atoms with E-state index in [-0.39, 0.29) is 5.78 Å². The fourth-order valence-corrected chi connectivity index (χ4v) is 4.23. The van der Waals surface area contributed by atoms with Crippen LogP contribution in [0.4, 0.5) is 0 Å². The van der Waals surface area contributed by atoms with Gasteiger partial charge in [0.15, 0.2) is 5.78 Å². The molecule has 5 heteroatoms. The highest BCUT2D eigenvalue weighted by Crippen LogP contribution is 2.32. The normalized spacial score (nSPS) is 15.1. The summed E-state index contributed by atoms with van der Waals surface area (Å²) in [4.78, 5) is 15.5. The molecule has 0 spiro atoms. The zero-order valence-corrected chi connectivity index (χ0v) is 22.2. The van der Waals surface area contributed by atoms with E-state index in [1.165, 1.54) is 13.0 Å². The van der Waals surface area contributed by atoms with Crippen molar-refractivity contribution in [1.29, 1.82) is 0 Å². The monoisotopic (exact) mass is 477 g/mol. The molecule has 1 unspecified atom stereocenters. The van der Waals surface area contributed by atoms with E-state index in [2.05, 4.69) is 32.3 Å². The summed E-state index contributed by atoms with van der Waals surface area (Å²) in [6.45, 7) is 19.7. The zero-order valence-electron chi connectivity index (χ0n) is 20.7. The highest BCUT2D eigenvalue weighted by atomic mass is 35.5. The van der Waals surface area contributed by atoms with Crippen molar-refractivity contribution < 1.29 is 9.53 Å². The third-order valence-electron chi connectivity index (χ3n) is 5.51. The first-order chi connectivity index (χ1) is 15.3. The van der Waals surface area contributed by atoms with E-state index >= 15 is 0 Å². The minimum atomic E-state index is -0.0593. The average Bonchev–Trinajstić information content (AvgIpc) is 2.78. The maximum atomic E-state index is 13.0. The van der Waals surface area contributed by atoms with Crippen LogP contribution in [0.5, 0.6) is 0 Å². The van der Waals surface area contributed by atoms with E-state index < -0.39 is 0 Å². The number of benzene rings is 1. The topological polar surface area (TPSA) is 29.5 Å². The molecule has 1 aliphatic heterocycles. The predicted molar refractivity (Wildman–Crippen MR) is 142 cm³/mol. The molecule has 0 amide bonds. The second kappa shape index (κ2) is 15.5. The molecular formula is C27H40ClNO2S. The molecule has 0 aliphatic carbocycles. The highest BCUT2D eigenvalue weighted by molar-refractivity contribution is 8.01. The Balaban J connectivity index is 0.000000471. The van der Waals surface area contributed by atoms with Gasteiger partial charge >= 0.3 is 0 Å². The van der Waals surface area contributed by atoms with Gasteiger partial charge in [0.05, 0.1) is 18.2 Å². The van der Waals surface area contributed by atoms with E-state index in [0.717, 1.165) is 43.9 Å². The number of hydrogen-bond acceptors (Lipinski definition) is 4. The number of nitrogens with zero attached hydrogens (tertiary/aromatic N) is 1. The molecular weight excluding hydrogens is 438 g/mol. The van der Waals surface area contributed by atoms with Crippen molar-refractivity contribution in [2.75, 3.05) is 39.1 Å². The molecule has 1 saturated heterocycles. The third kappa shape index (κ3) is 8.90. The van der Waals surface area contributed by atoms with Gasteiger partial charge < -0.3 is 4.74 Å². The van der Waals surface area contributed by atoms with Crippen molar-refractivity contribution in [2.45, 2.75) is 53.4 Å². The van der Waals surface area contributed by atoms with Crippen LogP contribution in [0.1, 0.15) is 69.3 Å². The molecule has 0 N–H and O–H groups in total. The SMILES string of the molecule is C=C(/C=C\SC)C(C(=O)c1cccc(C(C)CC)c1Cl)=C(C)C.CCCN1CCOCC1. The third-order valence-corrected chi connectivity index (χ3v) is 6.34. The fraction of sp³-hybridized carbons (Fsp3) is 0.519. The lowest BCUT2D eigenvalue weighted by Gasteiger charge is -2.25. The van der Waals surface area contributed by atoms with Crippen LogP contribution < -0.4 is 0 Å². The molecule has 1 atom stereocenters. The van der Waals surface area contributed by atoms with Crippen LogP contribution >= 0.6 is 23.4 Å². The minimum absolute atomic E-state index is 0.0593. The lowest BCUT2D eigenvalue weighted by molar-refractivity contribution is 0.0380. The Hall–Kier alpha value is -1.33. The maximum Gasteiger partial charge on any atom is 0.195 e. The first-order valence-corrected chi connectivity index (χ1v) is 13.1. The molecule has 0 aromatic heterocycles. The number of morpholine rings is 1. The van der Waals surface area contributed by atoms with Crippen molar-refractivity contribution in [2.24, 2.45) is 0 Å². The van der Waals surface area contributed by atoms with Crippen LogP contribution in [-0.2, 0) is 4.74 Å². The molecule has 1 heterocycles. The number of carbonyl (C=O) groups is 1. The summed E-state index contributed by atoms with van der Waals surface area (Å²) in [6, 6.07) is 5.70. The van der Waals surface area contributed by atoms with Gasteiger partial charge in [0.1, 0.15) is 0 Å². The van der Waals surface area contributed by atoms with Crippen molar-refractivity contribution in [3.63, 3.8) is 0 Å². The highest BCUT2D eigenvalue weighted by Gasteiger charge is 2.21. The summed E-state index contributed by atoms with van der Waals surface area (Å²) in [5.74, 6) is 0.265. The second-order valence-electron chi connectivity index (χ2n) is 8.24. The van der Waals surface area contributed by atoms with Crippen LogP contribution in [0, 0.1) is 0 Å². The second-order valence-corrected chi connectivity index (χ2v) is 9.36. The molecule has 1 aromatic rings. The first-order valence-electron chi connectivity index (χ1n) is 11.5. The number of ether oxygens (including phenoxy) is 1. The standard InChI is InChI=1S/C20H25ClOS.C7H15NO/c1-7-14(4)16-9-8-10-17(19(16)21)20(22)18(13(2)3)15(5)11-12-23-6;1-2-3-8-4-6-9-7-5-8/h8-12,14H,5,7H2,1-4,6H3;2-7H2,1H3/b12-11-;.